The third-order valence-corrected chi connectivity index (χ3v) is 4.03. The number of aromatic nitrogens is 2. The molecule has 0 atom stereocenters. The molecule has 20 heavy (non-hydrogen) atoms. The van der Waals surface area contributed by atoms with Crippen LogP contribution in [0.1, 0.15) is 10.4 Å². The summed E-state index contributed by atoms with van der Waals surface area (Å²) in [5.41, 5.74) is 0.635. The molecule has 2 heterocycles. The van der Waals surface area contributed by atoms with E-state index in [4.69, 9.17) is 9.47 Å². The van der Waals surface area contributed by atoms with Crippen LogP contribution in [0.3, 0.4) is 0 Å². The predicted octanol–water partition coefficient (Wildman–Crippen LogP) is 2.17. The SMILES string of the molecule is Cn1ccnc1SCC(=O)c1ccc2c(c1)OCCO2. The Balaban J connectivity index is 1.69. The second-order valence-electron chi connectivity index (χ2n) is 4.39. The van der Waals surface area contributed by atoms with Crippen molar-refractivity contribution in [3.05, 3.63) is 36.2 Å². The van der Waals surface area contributed by atoms with Gasteiger partial charge in [-0.3, -0.25) is 4.79 Å². The number of fused-ring (bicyclic) bond motifs is 1. The van der Waals surface area contributed by atoms with E-state index < -0.39 is 0 Å². The van der Waals surface area contributed by atoms with Crippen molar-refractivity contribution in [3.63, 3.8) is 0 Å². The summed E-state index contributed by atoms with van der Waals surface area (Å²) in [6, 6.07) is 5.30. The van der Waals surface area contributed by atoms with E-state index in [9.17, 15) is 4.79 Å². The first-order chi connectivity index (χ1) is 9.74. The number of Topliss-reactive ketones (excluding diaryl/α,β-unsaturated/α-hetero) is 1. The van der Waals surface area contributed by atoms with Crippen molar-refractivity contribution in [2.45, 2.75) is 5.16 Å². The van der Waals surface area contributed by atoms with Crippen molar-refractivity contribution in [2.75, 3.05) is 19.0 Å². The summed E-state index contributed by atoms with van der Waals surface area (Å²) in [5.74, 6) is 1.74. The van der Waals surface area contributed by atoms with Gasteiger partial charge in [0, 0.05) is 25.0 Å². The van der Waals surface area contributed by atoms with Gasteiger partial charge in [0.1, 0.15) is 13.2 Å². The van der Waals surface area contributed by atoms with Crippen molar-refractivity contribution in [1.82, 2.24) is 9.55 Å². The van der Waals surface area contributed by atoms with E-state index in [1.165, 1.54) is 11.8 Å². The van der Waals surface area contributed by atoms with Crippen molar-refractivity contribution in [3.8, 4) is 11.5 Å². The molecule has 1 aliphatic rings. The number of ketones is 1. The molecule has 5 nitrogen and oxygen atoms in total. The van der Waals surface area contributed by atoms with Gasteiger partial charge in [0.05, 0.1) is 5.75 Å². The standard InChI is InChI=1S/C14H14N2O3S/c1-16-5-4-15-14(16)20-9-11(17)10-2-3-12-13(8-10)19-7-6-18-12/h2-5,8H,6-7,9H2,1H3. The van der Waals surface area contributed by atoms with Gasteiger partial charge >= 0.3 is 0 Å². The summed E-state index contributed by atoms with van der Waals surface area (Å²) < 4.78 is 12.8. The number of carbonyl (C=O) groups is 1. The highest BCUT2D eigenvalue weighted by Crippen LogP contribution is 2.31. The second kappa shape index (κ2) is 5.58. The lowest BCUT2D eigenvalue weighted by molar-refractivity contribution is 0.102. The molecule has 0 bridgehead atoms. The summed E-state index contributed by atoms with van der Waals surface area (Å²) in [6.07, 6.45) is 3.58. The fraction of sp³-hybridized carbons (Fsp3) is 0.286. The Morgan fingerprint density at radius 3 is 2.90 bits per heavy atom. The Kier molecular flexibility index (Phi) is 3.64. The number of thioether (sulfide) groups is 1. The monoisotopic (exact) mass is 290 g/mol. The molecule has 1 aliphatic heterocycles. The minimum atomic E-state index is 0.0509. The maximum Gasteiger partial charge on any atom is 0.173 e. The van der Waals surface area contributed by atoms with Crippen molar-refractivity contribution in [1.29, 1.82) is 0 Å². The van der Waals surface area contributed by atoms with Gasteiger partial charge in [-0.15, -0.1) is 0 Å². The van der Waals surface area contributed by atoms with Gasteiger partial charge in [0.25, 0.3) is 0 Å². The van der Waals surface area contributed by atoms with Crippen LogP contribution in [0.2, 0.25) is 0 Å². The molecule has 2 aromatic rings. The number of aryl methyl sites for hydroxylation is 1. The number of imidazole rings is 1. The molecule has 3 rings (SSSR count). The summed E-state index contributed by atoms with van der Waals surface area (Å²) in [6.45, 7) is 1.07. The summed E-state index contributed by atoms with van der Waals surface area (Å²) in [5, 5.41) is 0.830. The first kappa shape index (κ1) is 13.1. The first-order valence-electron chi connectivity index (χ1n) is 6.27. The fourth-order valence-electron chi connectivity index (χ4n) is 1.92. The lowest BCUT2D eigenvalue weighted by Crippen LogP contribution is -2.16. The molecule has 0 aliphatic carbocycles. The lowest BCUT2D eigenvalue weighted by Gasteiger charge is -2.18. The fourth-order valence-corrected chi connectivity index (χ4v) is 2.75. The Hall–Kier alpha value is -1.95. The average Bonchev–Trinajstić information content (AvgIpc) is 2.89. The van der Waals surface area contributed by atoms with E-state index in [2.05, 4.69) is 4.98 Å². The molecule has 0 saturated heterocycles. The van der Waals surface area contributed by atoms with E-state index in [1.54, 1.807) is 24.4 Å². The van der Waals surface area contributed by atoms with Gasteiger partial charge in [-0.05, 0) is 18.2 Å². The number of hydrogen-bond acceptors (Lipinski definition) is 5. The number of ether oxygens (including phenoxy) is 2. The maximum atomic E-state index is 12.2. The molecule has 0 unspecified atom stereocenters. The zero-order valence-electron chi connectivity index (χ0n) is 11.0. The van der Waals surface area contributed by atoms with Crippen molar-refractivity contribution >= 4 is 17.5 Å². The Morgan fingerprint density at radius 1 is 1.35 bits per heavy atom. The molecule has 0 radical (unpaired) electrons. The van der Waals surface area contributed by atoms with Gasteiger partial charge in [-0.2, -0.15) is 0 Å². The topological polar surface area (TPSA) is 53.4 Å². The normalized spacial score (nSPS) is 13.2. The predicted molar refractivity (Wildman–Crippen MR) is 75.7 cm³/mol. The van der Waals surface area contributed by atoms with Crippen LogP contribution in [0.5, 0.6) is 11.5 Å². The molecule has 0 spiro atoms. The van der Waals surface area contributed by atoms with Crippen LogP contribution in [0, 0.1) is 0 Å². The van der Waals surface area contributed by atoms with E-state index >= 15 is 0 Å². The molecule has 0 N–H and O–H groups in total. The third-order valence-electron chi connectivity index (χ3n) is 2.97. The van der Waals surface area contributed by atoms with E-state index in [0.717, 1.165) is 5.16 Å². The summed E-state index contributed by atoms with van der Waals surface area (Å²) >= 11 is 1.42. The van der Waals surface area contributed by atoms with Crippen LogP contribution in [0.25, 0.3) is 0 Å². The second-order valence-corrected chi connectivity index (χ2v) is 5.33. The number of nitrogens with zero attached hydrogens (tertiary/aromatic N) is 2. The minimum absolute atomic E-state index is 0.0509. The molecule has 0 saturated carbocycles. The highest BCUT2D eigenvalue weighted by Gasteiger charge is 2.15. The molecule has 6 heteroatoms. The molecular formula is C14H14N2O3S. The van der Waals surface area contributed by atoms with Crippen LogP contribution >= 0.6 is 11.8 Å². The molecular weight excluding hydrogens is 276 g/mol. The van der Waals surface area contributed by atoms with E-state index in [-0.39, 0.29) is 5.78 Å². The number of rotatable bonds is 4. The van der Waals surface area contributed by atoms with Gasteiger partial charge < -0.3 is 14.0 Å². The highest BCUT2D eigenvalue weighted by atomic mass is 32.2. The van der Waals surface area contributed by atoms with Gasteiger partial charge in [-0.25, -0.2) is 4.98 Å². The highest BCUT2D eigenvalue weighted by molar-refractivity contribution is 7.99. The van der Waals surface area contributed by atoms with Crippen molar-refractivity contribution in [2.24, 2.45) is 7.05 Å². The van der Waals surface area contributed by atoms with E-state index in [1.807, 2.05) is 17.8 Å². The van der Waals surface area contributed by atoms with Crippen LogP contribution in [0.15, 0.2) is 35.7 Å². The Morgan fingerprint density at radius 2 is 2.15 bits per heavy atom. The first-order valence-corrected chi connectivity index (χ1v) is 7.25. The quantitative estimate of drug-likeness (QED) is 0.638. The molecule has 104 valence electrons. The van der Waals surface area contributed by atoms with Gasteiger partial charge in [0.15, 0.2) is 22.4 Å². The number of hydrogen-bond donors (Lipinski definition) is 0. The van der Waals surface area contributed by atoms with E-state index in [0.29, 0.717) is 36.0 Å². The van der Waals surface area contributed by atoms with Crippen LogP contribution in [-0.2, 0) is 7.05 Å². The largest absolute Gasteiger partial charge is 0.486 e. The minimum Gasteiger partial charge on any atom is -0.486 e. The van der Waals surface area contributed by atoms with Gasteiger partial charge in [-0.1, -0.05) is 11.8 Å². The zero-order valence-corrected chi connectivity index (χ0v) is 11.9. The van der Waals surface area contributed by atoms with Crippen molar-refractivity contribution < 1.29 is 14.3 Å². The maximum absolute atomic E-state index is 12.2. The Labute approximate surface area is 120 Å². The molecule has 0 fully saturated rings. The zero-order chi connectivity index (χ0) is 13.9. The Bertz CT molecular complexity index is 639. The smallest absolute Gasteiger partial charge is 0.173 e. The van der Waals surface area contributed by atoms with Gasteiger partial charge in [0.2, 0.25) is 0 Å². The summed E-state index contributed by atoms with van der Waals surface area (Å²) in [7, 11) is 1.91. The number of carbonyl (C=O) groups excluding carboxylic acids is 1. The summed E-state index contributed by atoms with van der Waals surface area (Å²) in [4.78, 5) is 16.4. The van der Waals surface area contributed by atoms with Crippen LogP contribution in [-0.4, -0.2) is 34.3 Å². The van der Waals surface area contributed by atoms with Crippen LogP contribution < -0.4 is 9.47 Å². The number of benzene rings is 1. The molecule has 0 amide bonds. The molecule has 1 aromatic heterocycles. The third kappa shape index (κ3) is 2.65. The van der Waals surface area contributed by atoms with Crippen LogP contribution in [0.4, 0.5) is 0 Å². The average molecular weight is 290 g/mol. The molecule has 1 aromatic carbocycles. The lowest BCUT2D eigenvalue weighted by atomic mass is 10.1.